The summed E-state index contributed by atoms with van der Waals surface area (Å²) in [6, 6.07) is 0. The van der Waals surface area contributed by atoms with Gasteiger partial charge in [0.25, 0.3) is 10.0 Å². The van der Waals surface area contributed by atoms with Crippen molar-refractivity contribution >= 4 is 10.0 Å². The molecule has 0 unspecified atom stereocenters. The van der Waals surface area contributed by atoms with E-state index in [0.29, 0.717) is 13.1 Å². The number of aromatic amines is 1. The fourth-order valence-corrected chi connectivity index (χ4v) is 3.00. The van der Waals surface area contributed by atoms with E-state index in [-0.39, 0.29) is 5.03 Å². The van der Waals surface area contributed by atoms with Gasteiger partial charge in [0.1, 0.15) is 0 Å². The van der Waals surface area contributed by atoms with Crippen molar-refractivity contribution in [3.63, 3.8) is 0 Å². The minimum Gasteiger partial charge on any atom is -0.335 e. The fraction of sp³-hybridized carbons (Fsp3) is 0.444. The summed E-state index contributed by atoms with van der Waals surface area (Å²) in [7, 11) is -3.38. The molecule has 2 heterocycles. The molecule has 0 aromatic carbocycles. The van der Waals surface area contributed by atoms with Crippen molar-refractivity contribution in [3.05, 3.63) is 24.2 Å². The molecule has 1 aliphatic rings. The molecule has 0 atom stereocenters. The van der Waals surface area contributed by atoms with Crippen molar-refractivity contribution in [3.8, 4) is 0 Å². The highest BCUT2D eigenvalue weighted by atomic mass is 32.2. The molecule has 0 fully saturated rings. The van der Waals surface area contributed by atoms with Crippen LogP contribution in [0.4, 0.5) is 0 Å². The van der Waals surface area contributed by atoms with Gasteiger partial charge in [0.05, 0.1) is 12.5 Å². The lowest BCUT2D eigenvalue weighted by atomic mass is 10.2. The van der Waals surface area contributed by atoms with Gasteiger partial charge in [0.2, 0.25) is 0 Å². The summed E-state index contributed by atoms with van der Waals surface area (Å²) in [6.45, 7) is 2.95. The summed E-state index contributed by atoms with van der Waals surface area (Å²) in [5, 5.41) is 0.164. The molecular weight excluding hydrogens is 214 g/mol. The largest absolute Gasteiger partial charge is 0.335 e. The van der Waals surface area contributed by atoms with Crippen LogP contribution >= 0.6 is 0 Å². The van der Waals surface area contributed by atoms with Gasteiger partial charge in [0, 0.05) is 13.1 Å². The Balaban J connectivity index is 2.28. The second kappa shape index (κ2) is 3.79. The number of nitrogens with zero attached hydrogens (tertiary/aromatic N) is 2. The van der Waals surface area contributed by atoms with E-state index in [1.54, 1.807) is 0 Å². The Bertz CT molecular complexity index is 462. The van der Waals surface area contributed by atoms with Crippen LogP contribution in [0.25, 0.3) is 0 Å². The van der Waals surface area contributed by atoms with E-state index in [4.69, 9.17) is 0 Å². The number of hydrogen-bond donors (Lipinski definition) is 1. The molecule has 2 rings (SSSR count). The summed E-state index contributed by atoms with van der Waals surface area (Å²) in [6.07, 6.45) is 5.56. The first-order valence-electron chi connectivity index (χ1n) is 4.75. The van der Waals surface area contributed by atoms with E-state index in [2.05, 4.69) is 16.0 Å². The SMILES string of the molecule is CC1=CCCN(S(=O)(=O)c2cnc[nH]2)C1. The monoisotopic (exact) mass is 227 g/mol. The molecule has 0 aliphatic carbocycles. The zero-order valence-electron chi connectivity index (χ0n) is 8.47. The summed E-state index contributed by atoms with van der Waals surface area (Å²) in [4.78, 5) is 6.36. The zero-order valence-corrected chi connectivity index (χ0v) is 9.29. The van der Waals surface area contributed by atoms with Crippen molar-refractivity contribution in [2.45, 2.75) is 18.4 Å². The van der Waals surface area contributed by atoms with Crippen LogP contribution < -0.4 is 0 Å². The normalized spacial score (nSPS) is 18.9. The Labute approximate surface area is 88.9 Å². The maximum atomic E-state index is 12.0. The van der Waals surface area contributed by atoms with Crippen molar-refractivity contribution in [2.75, 3.05) is 13.1 Å². The molecule has 1 aromatic heterocycles. The highest BCUT2D eigenvalue weighted by Crippen LogP contribution is 2.17. The van der Waals surface area contributed by atoms with Crippen molar-refractivity contribution in [1.82, 2.24) is 14.3 Å². The molecule has 1 aliphatic heterocycles. The predicted molar refractivity (Wildman–Crippen MR) is 55.7 cm³/mol. The Morgan fingerprint density at radius 3 is 2.93 bits per heavy atom. The van der Waals surface area contributed by atoms with Crippen LogP contribution in [0.3, 0.4) is 0 Å². The van der Waals surface area contributed by atoms with Crippen LogP contribution in [0.2, 0.25) is 0 Å². The fourth-order valence-electron chi connectivity index (χ4n) is 1.61. The van der Waals surface area contributed by atoms with Crippen molar-refractivity contribution < 1.29 is 8.42 Å². The predicted octanol–water partition coefficient (Wildman–Crippen LogP) is 0.750. The van der Waals surface area contributed by atoms with Crippen LogP contribution in [0.5, 0.6) is 0 Å². The third-order valence-corrected chi connectivity index (χ3v) is 4.16. The lowest BCUT2D eigenvalue weighted by Gasteiger charge is -2.24. The Morgan fingerprint density at radius 1 is 1.53 bits per heavy atom. The second-order valence-electron chi connectivity index (χ2n) is 3.59. The molecule has 0 bridgehead atoms. The van der Waals surface area contributed by atoms with Crippen molar-refractivity contribution in [1.29, 1.82) is 0 Å². The van der Waals surface area contributed by atoms with E-state index in [9.17, 15) is 8.42 Å². The highest BCUT2D eigenvalue weighted by Gasteiger charge is 2.26. The molecule has 15 heavy (non-hydrogen) atoms. The number of rotatable bonds is 2. The smallest absolute Gasteiger partial charge is 0.260 e. The number of imidazole rings is 1. The standard InChI is InChI=1S/C9H13N3O2S/c1-8-3-2-4-12(6-8)15(13,14)9-5-10-7-11-9/h3,5,7H,2,4,6H2,1H3,(H,10,11). The zero-order chi connectivity index (χ0) is 10.9. The number of nitrogens with one attached hydrogen (secondary N) is 1. The highest BCUT2D eigenvalue weighted by molar-refractivity contribution is 7.89. The van der Waals surface area contributed by atoms with Crippen LogP contribution in [0.1, 0.15) is 13.3 Å². The van der Waals surface area contributed by atoms with Gasteiger partial charge in [-0.05, 0) is 13.3 Å². The van der Waals surface area contributed by atoms with E-state index in [1.165, 1.54) is 16.8 Å². The first-order valence-corrected chi connectivity index (χ1v) is 6.19. The number of sulfonamides is 1. The van der Waals surface area contributed by atoms with Crippen LogP contribution in [0, 0.1) is 0 Å². The summed E-state index contributed by atoms with van der Waals surface area (Å²) < 4.78 is 25.5. The molecule has 0 saturated heterocycles. The van der Waals surface area contributed by atoms with Gasteiger partial charge in [-0.3, -0.25) is 0 Å². The molecule has 0 amide bonds. The Morgan fingerprint density at radius 2 is 2.33 bits per heavy atom. The summed E-state index contributed by atoms with van der Waals surface area (Å²) >= 11 is 0. The number of H-pyrrole nitrogens is 1. The maximum absolute atomic E-state index is 12.0. The van der Waals surface area contributed by atoms with Crippen molar-refractivity contribution in [2.24, 2.45) is 0 Å². The lowest BCUT2D eigenvalue weighted by Crippen LogP contribution is -2.35. The summed E-state index contributed by atoms with van der Waals surface area (Å²) in [5.74, 6) is 0. The third-order valence-electron chi connectivity index (χ3n) is 2.39. The molecule has 0 saturated carbocycles. The van der Waals surface area contributed by atoms with E-state index >= 15 is 0 Å². The second-order valence-corrected chi connectivity index (χ2v) is 5.50. The molecule has 0 radical (unpaired) electrons. The Hall–Kier alpha value is -1.14. The van der Waals surface area contributed by atoms with E-state index < -0.39 is 10.0 Å². The molecule has 6 heteroatoms. The average Bonchev–Trinajstić information content (AvgIpc) is 2.71. The van der Waals surface area contributed by atoms with Gasteiger partial charge in [-0.2, -0.15) is 4.31 Å². The van der Waals surface area contributed by atoms with Gasteiger partial charge in [0.15, 0.2) is 5.03 Å². The molecular formula is C9H13N3O2S. The van der Waals surface area contributed by atoms with Gasteiger partial charge in [-0.25, -0.2) is 13.4 Å². The summed E-state index contributed by atoms with van der Waals surface area (Å²) in [5.41, 5.74) is 1.09. The molecule has 1 N–H and O–H groups in total. The van der Waals surface area contributed by atoms with Gasteiger partial charge in [-0.15, -0.1) is 0 Å². The van der Waals surface area contributed by atoms with Gasteiger partial charge in [-0.1, -0.05) is 11.6 Å². The van der Waals surface area contributed by atoms with E-state index in [0.717, 1.165) is 12.0 Å². The maximum Gasteiger partial charge on any atom is 0.260 e. The first kappa shape index (κ1) is 10.4. The topological polar surface area (TPSA) is 66.1 Å². The van der Waals surface area contributed by atoms with Crippen LogP contribution in [-0.4, -0.2) is 35.8 Å². The lowest BCUT2D eigenvalue weighted by molar-refractivity contribution is 0.426. The third kappa shape index (κ3) is 1.95. The molecule has 82 valence electrons. The minimum atomic E-state index is -3.38. The molecule has 5 nitrogen and oxygen atoms in total. The average molecular weight is 227 g/mol. The quantitative estimate of drug-likeness (QED) is 0.758. The van der Waals surface area contributed by atoms with Gasteiger partial charge >= 0.3 is 0 Å². The molecule has 0 spiro atoms. The van der Waals surface area contributed by atoms with E-state index in [1.807, 2.05) is 6.92 Å². The first-order chi connectivity index (χ1) is 7.10. The minimum absolute atomic E-state index is 0.164. The van der Waals surface area contributed by atoms with Crippen LogP contribution in [0.15, 0.2) is 29.2 Å². The number of aromatic nitrogens is 2. The van der Waals surface area contributed by atoms with Gasteiger partial charge < -0.3 is 4.98 Å². The Kier molecular flexibility index (Phi) is 2.62. The van der Waals surface area contributed by atoms with Crippen LogP contribution in [-0.2, 0) is 10.0 Å². The molecule has 1 aromatic rings. The number of hydrogen-bond acceptors (Lipinski definition) is 3.